The fourth-order valence-corrected chi connectivity index (χ4v) is 2.69. The Morgan fingerprint density at radius 2 is 2.18 bits per heavy atom. The van der Waals surface area contributed by atoms with Gasteiger partial charge >= 0.3 is 0 Å². The average Bonchev–Trinajstić information content (AvgIpc) is 2.28. The summed E-state index contributed by atoms with van der Waals surface area (Å²) in [6.45, 7) is 6.74. The zero-order chi connectivity index (χ0) is 12.5. The van der Waals surface area contributed by atoms with Crippen LogP contribution in [0.4, 0.5) is 5.69 Å². The molecule has 0 N–H and O–H groups in total. The number of halogens is 2. The highest BCUT2D eigenvalue weighted by molar-refractivity contribution is 6.32. The largest absolute Gasteiger partial charge is 0.377 e. The van der Waals surface area contributed by atoms with E-state index in [1.54, 1.807) is 0 Å². The van der Waals surface area contributed by atoms with Gasteiger partial charge in [0.2, 0.25) is 0 Å². The molecule has 94 valence electrons. The molecule has 1 aliphatic heterocycles. The van der Waals surface area contributed by atoms with E-state index in [0.29, 0.717) is 5.88 Å². The Kier molecular flexibility index (Phi) is 3.86. The highest BCUT2D eigenvalue weighted by atomic mass is 35.5. The minimum absolute atomic E-state index is 0.00403. The number of rotatable bonds is 2. The molecule has 0 aromatic heterocycles. The summed E-state index contributed by atoms with van der Waals surface area (Å²) >= 11 is 12.0. The monoisotopic (exact) mass is 273 g/mol. The van der Waals surface area contributed by atoms with Gasteiger partial charge in [-0.1, -0.05) is 17.7 Å². The van der Waals surface area contributed by atoms with Gasteiger partial charge in [-0.3, -0.25) is 0 Å². The van der Waals surface area contributed by atoms with E-state index in [9.17, 15) is 0 Å². The van der Waals surface area contributed by atoms with Gasteiger partial charge in [0, 0.05) is 23.1 Å². The predicted molar refractivity (Wildman–Crippen MR) is 73.3 cm³/mol. The molecule has 0 atom stereocenters. The van der Waals surface area contributed by atoms with Crippen LogP contribution in [0.5, 0.6) is 0 Å². The predicted octanol–water partition coefficient (Wildman–Crippen LogP) is 3.69. The second kappa shape index (κ2) is 5.05. The summed E-state index contributed by atoms with van der Waals surface area (Å²) in [7, 11) is 0. The van der Waals surface area contributed by atoms with Crippen molar-refractivity contribution < 1.29 is 4.74 Å². The molecule has 1 aliphatic rings. The molecule has 2 rings (SSSR count). The van der Waals surface area contributed by atoms with Crippen molar-refractivity contribution in [2.75, 3.05) is 24.7 Å². The van der Waals surface area contributed by atoms with Crippen LogP contribution in [0, 0.1) is 0 Å². The fraction of sp³-hybridized carbons (Fsp3) is 0.538. The molecule has 1 heterocycles. The van der Waals surface area contributed by atoms with Crippen LogP contribution in [0.2, 0.25) is 5.02 Å². The molecule has 0 saturated carbocycles. The van der Waals surface area contributed by atoms with Gasteiger partial charge in [0.25, 0.3) is 0 Å². The summed E-state index contributed by atoms with van der Waals surface area (Å²) in [5.41, 5.74) is 2.12. The average molecular weight is 274 g/mol. The zero-order valence-corrected chi connectivity index (χ0v) is 11.7. The van der Waals surface area contributed by atoms with Crippen LogP contribution in [0.3, 0.4) is 0 Å². The Morgan fingerprint density at radius 3 is 2.76 bits per heavy atom. The second-order valence-electron chi connectivity index (χ2n) is 4.93. The summed E-state index contributed by atoms with van der Waals surface area (Å²) in [5.74, 6) is 0.450. The van der Waals surface area contributed by atoms with Gasteiger partial charge in [0.1, 0.15) is 0 Å². The van der Waals surface area contributed by atoms with Crippen molar-refractivity contribution in [1.82, 2.24) is 0 Å². The molecule has 17 heavy (non-hydrogen) atoms. The minimum Gasteiger partial charge on any atom is -0.377 e. The van der Waals surface area contributed by atoms with E-state index < -0.39 is 0 Å². The van der Waals surface area contributed by atoms with Crippen LogP contribution in [0.15, 0.2) is 18.2 Å². The van der Waals surface area contributed by atoms with E-state index in [2.05, 4.69) is 24.8 Å². The fourth-order valence-electron chi connectivity index (χ4n) is 2.15. The lowest BCUT2D eigenvalue weighted by molar-refractivity contribution is 0.0644. The van der Waals surface area contributed by atoms with E-state index in [-0.39, 0.29) is 5.54 Å². The van der Waals surface area contributed by atoms with E-state index >= 15 is 0 Å². The maximum atomic E-state index is 6.20. The Balaban J connectivity index is 2.30. The van der Waals surface area contributed by atoms with Gasteiger partial charge < -0.3 is 9.64 Å². The number of benzene rings is 1. The smallest absolute Gasteiger partial charge is 0.0694 e. The second-order valence-corrected chi connectivity index (χ2v) is 5.60. The summed E-state index contributed by atoms with van der Waals surface area (Å²) in [6.07, 6.45) is 0. The molecular weight excluding hydrogens is 257 g/mol. The number of nitrogens with zero attached hydrogens (tertiary/aromatic N) is 1. The van der Waals surface area contributed by atoms with Crippen molar-refractivity contribution in [2.24, 2.45) is 0 Å². The summed E-state index contributed by atoms with van der Waals surface area (Å²) < 4.78 is 5.52. The Morgan fingerprint density at radius 1 is 1.41 bits per heavy atom. The van der Waals surface area contributed by atoms with Gasteiger partial charge in [-0.2, -0.15) is 0 Å². The molecule has 0 amide bonds. The summed E-state index contributed by atoms with van der Waals surface area (Å²) in [4.78, 5) is 2.33. The lowest BCUT2D eigenvalue weighted by Crippen LogP contribution is -2.53. The molecule has 1 aromatic carbocycles. The molecule has 0 bridgehead atoms. The lowest BCUT2D eigenvalue weighted by atomic mass is 10.0. The van der Waals surface area contributed by atoms with Gasteiger partial charge in [0.15, 0.2) is 0 Å². The maximum Gasteiger partial charge on any atom is 0.0694 e. The van der Waals surface area contributed by atoms with Gasteiger partial charge in [-0.15, -0.1) is 11.6 Å². The van der Waals surface area contributed by atoms with Crippen molar-refractivity contribution >= 4 is 28.9 Å². The van der Waals surface area contributed by atoms with Crippen molar-refractivity contribution in [3.63, 3.8) is 0 Å². The Bertz CT molecular complexity index is 406. The van der Waals surface area contributed by atoms with Gasteiger partial charge in [0.05, 0.1) is 18.8 Å². The first kappa shape index (κ1) is 13.0. The number of morpholine rings is 1. The molecule has 0 radical (unpaired) electrons. The van der Waals surface area contributed by atoms with E-state index in [1.165, 1.54) is 0 Å². The first-order chi connectivity index (χ1) is 8.04. The minimum atomic E-state index is 0.00403. The third kappa shape index (κ3) is 2.70. The standard InChI is InChI=1S/C13H17Cl2NO/c1-13(2)9-17-6-5-16(13)11-4-3-10(8-14)12(15)7-11/h3-4,7H,5-6,8-9H2,1-2H3. The third-order valence-corrected chi connectivity index (χ3v) is 3.78. The Hall–Kier alpha value is -0.440. The first-order valence-corrected chi connectivity index (χ1v) is 6.65. The zero-order valence-electron chi connectivity index (χ0n) is 10.2. The SMILES string of the molecule is CC1(C)COCCN1c1ccc(CCl)c(Cl)c1. The molecule has 1 fully saturated rings. The number of hydrogen-bond acceptors (Lipinski definition) is 2. The van der Waals surface area contributed by atoms with E-state index in [0.717, 1.165) is 36.0 Å². The highest BCUT2D eigenvalue weighted by Crippen LogP contribution is 2.30. The normalized spacial score (nSPS) is 19.4. The summed E-state index contributed by atoms with van der Waals surface area (Å²) in [6, 6.07) is 6.07. The first-order valence-electron chi connectivity index (χ1n) is 5.74. The van der Waals surface area contributed by atoms with Crippen LogP contribution >= 0.6 is 23.2 Å². The van der Waals surface area contributed by atoms with Crippen LogP contribution in [-0.2, 0) is 10.6 Å². The van der Waals surface area contributed by atoms with E-state index in [4.69, 9.17) is 27.9 Å². The number of ether oxygens (including phenoxy) is 1. The molecule has 0 spiro atoms. The molecule has 1 aromatic rings. The number of anilines is 1. The van der Waals surface area contributed by atoms with Crippen molar-refractivity contribution in [3.05, 3.63) is 28.8 Å². The quantitative estimate of drug-likeness (QED) is 0.762. The van der Waals surface area contributed by atoms with Crippen LogP contribution in [0.25, 0.3) is 0 Å². The van der Waals surface area contributed by atoms with Gasteiger partial charge in [-0.05, 0) is 31.5 Å². The molecule has 1 saturated heterocycles. The summed E-state index contributed by atoms with van der Waals surface area (Å²) in [5, 5.41) is 0.736. The highest BCUT2D eigenvalue weighted by Gasteiger charge is 2.30. The number of hydrogen-bond donors (Lipinski definition) is 0. The Labute approximate surface area is 112 Å². The molecule has 0 unspecified atom stereocenters. The van der Waals surface area contributed by atoms with Crippen LogP contribution in [-0.4, -0.2) is 25.3 Å². The van der Waals surface area contributed by atoms with Crippen molar-refractivity contribution in [1.29, 1.82) is 0 Å². The van der Waals surface area contributed by atoms with Crippen LogP contribution < -0.4 is 4.90 Å². The molecule has 0 aliphatic carbocycles. The van der Waals surface area contributed by atoms with Crippen LogP contribution in [0.1, 0.15) is 19.4 Å². The van der Waals surface area contributed by atoms with Crippen molar-refractivity contribution in [2.45, 2.75) is 25.3 Å². The third-order valence-electron chi connectivity index (χ3n) is 3.14. The van der Waals surface area contributed by atoms with Crippen molar-refractivity contribution in [3.8, 4) is 0 Å². The number of alkyl halides is 1. The maximum absolute atomic E-state index is 6.20. The lowest BCUT2D eigenvalue weighted by Gasteiger charge is -2.44. The molecule has 4 heteroatoms. The van der Waals surface area contributed by atoms with Gasteiger partial charge in [-0.25, -0.2) is 0 Å². The van der Waals surface area contributed by atoms with E-state index in [1.807, 2.05) is 12.1 Å². The molecule has 2 nitrogen and oxygen atoms in total. The molecular formula is C13H17Cl2NO. The topological polar surface area (TPSA) is 12.5 Å².